The minimum atomic E-state index is -0.327. The number of amides is 1. The Kier molecular flexibility index (Phi) is 6.83. The van der Waals surface area contributed by atoms with Crippen LogP contribution < -0.4 is 14.8 Å². The molecule has 0 aliphatic carbocycles. The molecule has 0 aromatic heterocycles. The lowest BCUT2D eigenvalue weighted by molar-refractivity contribution is 0.102. The highest BCUT2D eigenvalue weighted by Crippen LogP contribution is 2.37. The van der Waals surface area contributed by atoms with Gasteiger partial charge < -0.3 is 14.8 Å². The van der Waals surface area contributed by atoms with Crippen LogP contribution in [-0.4, -0.2) is 13.0 Å². The Morgan fingerprint density at radius 2 is 1.71 bits per heavy atom. The van der Waals surface area contributed by atoms with E-state index in [0.717, 1.165) is 5.56 Å². The molecule has 1 amide bonds. The fourth-order valence-electron chi connectivity index (χ4n) is 2.55. The van der Waals surface area contributed by atoms with Gasteiger partial charge in [0, 0.05) is 21.3 Å². The van der Waals surface area contributed by atoms with Gasteiger partial charge in [-0.25, -0.2) is 0 Å². The normalized spacial score (nSPS) is 10.4. The molecule has 4 nitrogen and oxygen atoms in total. The smallest absolute Gasteiger partial charge is 0.255 e. The zero-order valence-corrected chi connectivity index (χ0v) is 17.9. The van der Waals surface area contributed by atoms with Gasteiger partial charge in [-0.05, 0) is 51.8 Å². The van der Waals surface area contributed by atoms with Gasteiger partial charge >= 0.3 is 0 Å². The molecule has 0 bridgehead atoms. The summed E-state index contributed by atoms with van der Waals surface area (Å²) in [6.07, 6.45) is 0. The van der Waals surface area contributed by atoms with Crippen molar-refractivity contribution < 1.29 is 14.3 Å². The second-order valence-corrected chi connectivity index (χ2v) is 7.60. The van der Waals surface area contributed by atoms with Crippen molar-refractivity contribution in [1.29, 1.82) is 0 Å². The van der Waals surface area contributed by atoms with Crippen LogP contribution in [0.2, 0.25) is 10.0 Å². The van der Waals surface area contributed by atoms with Crippen LogP contribution in [0, 0.1) is 0 Å². The lowest BCUT2D eigenvalue weighted by atomic mass is 10.1. The van der Waals surface area contributed by atoms with Gasteiger partial charge in [-0.1, -0.05) is 53.5 Å². The van der Waals surface area contributed by atoms with Crippen LogP contribution in [0.25, 0.3) is 0 Å². The number of rotatable bonds is 6. The van der Waals surface area contributed by atoms with Crippen molar-refractivity contribution in [1.82, 2.24) is 0 Å². The summed E-state index contributed by atoms with van der Waals surface area (Å²) in [5.74, 6) is 0.639. The highest BCUT2D eigenvalue weighted by atomic mass is 79.9. The fourth-order valence-corrected chi connectivity index (χ4v) is 3.63. The van der Waals surface area contributed by atoms with Crippen molar-refractivity contribution in [2.24, 2.45) is 0 Å². The van der Waals surface area contributed by atoms with E-state index in [-0.39, 0.29) is 5.91 Å². The van der Waals surface area contributed by atoms with E-state index in [1.807, 2.05) is 30.3 Å². The number of halogens is 3. The monoisotopic (exact) mass is 479 g/mol. The van der Waals surface area contributed by atoms with E-state index in [1.54, 1.807) is 30.3 Å². The van der Waals surface area contributed by atoms with Crippen molar-refractivity contribution in [2.75, 3.05) is 12.4 Å². The maximum Gasteiger partial charge on any atom is 0.255 e. The lowest BCUT2D eigenvalue weighted by Gasteiger charge is -2.15. The molecule has 144 valence electrons. The molecule has 3 aromatic rings. The van der Waals surface area contributed by atoms with Gasteiger partial charge in [0.15, 0.2) is 11.5 Å². The number of hydrogen-bond donors (Lipinski definition) is 1. The third-order valence-corrected chi connectivity index (χ3v) is 4.86. The summed E-state index contributed by atoms with van der Waals surface area (Å²) in [5, 5.41) is 3.64. The first-order chi connectivity index (χ1) is 13.5. The van der Waals surface area contributed by atoms with Gasteiger partial charge in [0.1, 0.15) is 6.61 Å². The molecule has 1 N–H and O–H groups in total. The second-order valence-electron chi connectivity index (χ2n) is 5.88. The molecule has 7 heteroatoms. The minimum absolute atomic E-state index is 0.327. The molecule has 28 heavy (non-hydrogen) atoms. The van der Waals surface area contributed by atoms with Crippen molar-refractivity contribution in [3.05, 3.63) is 86.3 Å². The SMILES string of the molecule is COc1cc(C(=O)Nc2cc(Cl)cc(Cl)c2)cc(Br)c1OCc1ccccc1. The predicted molar refractivity (Wildman–Crippen MR) is 116 cm³/mol. The summed E-state index contributed by atoms with van der Waals surface area (Å²) >= 11 is 15.4. The van der Waals surface area contributed by atoms with E-state index in [0.29, 0.717) is 43.9 Å². The zero-order valence-electron chi connectivity index (χ0n) is 14.8. The third kappa shape index (κ3) is 5.19. The van der Waals surface area contributed by atoms with E-state index < -0.39 is 0 Å². The summed E-state index contributed by atoms with van der Waals surface area (Å²) in [5.41, 5.74) is 1.92. The molecule has 0 unspecified atom stereocenters. The molecule has 3 aromatic carbocycles. The van der Waals surface area contributed by atoms with Gasteiger partial charge in [-0.15, -0.1) is 0 Å². The van der Waals surface area contributed by atoms with Gasteiger partial charge in [0.05, 0.1) is 11.6 Å². The molecule has 0 radical (unpaired) electrons. The minimum Gasteiger partial charge on any atom is -0.493 e. The van der Waals surface area contributed by atoms with Crippen LogP contribution in [0.4, 0.5) is 5.69 Å². The summed E-state index contributed by atoms with van der Waals surface area (Å²) in [4.78, 5) is 12.6. The van der Waals surface area contributed by atoms with Crippen molar-refractivity contribution >= 4 is 50.7 Å². The van der Waals surface area contributed by atoms with Gasteiger partial charge in [0.2, 0.25) is 0 Å². The second kappa shape index (κ2) is 9.32. The molecule has 3 rings (SSSR count). The first-order valence-corrected chi connectivity index (χ1v) is 9.83. The fraction of sp³-hybridized carbons (Fsp3) is 0.0952. The molecule has 0 saturated carbocycles. The lowest BCUT2D eigenvalue weighted by Crippen LogP contribution is -2.12. The largest absolute Gasteiger partial charge is 0.493 e. The molecular weight excluding hydrogens is 465 g/mol. The zero-order chi connectivity index (χ0) is 20.1. The Morgan fingerprint density at radius 3 is 2.36 bits per heavy atom. The van der Waals surface area contributed by atoms with E-state index >= 15 is 0 Å². The number of benzene rings is 3. The Bertz CT molecular complexity index is 976. The van der Waals surface area contributed by atoms with E-state index in [2.05, 4.69) is 21.2 Å². The van der Waals surface area contributed by atoms with E-state index in [4.69, 9.17) is 32.7 Å². The van der Waals surface area contributed by atoms with E-state index in [9.17, 15) is 4.79 Å². The summed E-state index contributed by atoms with van der Waals surface area (Å²) in [7, 11) is 1.52. The average Bonchev–Trinajstić information content (AvgIpc) is 2.66. The average molecular weight is 481 g/mol. The van der Waals surface area contributed by atoms with Crippen molar-refractivity contribution in [2.45, 2.75) is 6.61 Å². The van der Waals surface area contributed by atoms with Crippen LogP contribution in [0.1, 0.15) is 15.9 Å². The molecule has 0 atom stereocenters. The van der Waals surface area contributed by atoms with Crippen LogP contribution >= 0.6 is 39.1 Å². The Hall–Kier alpha value is -2.21. The molecule has 0 aliphatic heterocycles. The van der Waals surface area contributed by atoms with Crippen LogP contribution in [0.15, 0.2) is 65.1 Å². The maximum atomic E-state index is 12.6. The molecule has 0 fully saturated rings. The molecule has 0 heterocycles. The number of carbonyl (C=O) groups excluding carboxylic acids is 1. The summed E-state index contributed by atoms with van der Waals surface area (Å²) in [6, 6.07) is 17.9. The van der Waals surface area contributed by atoms with E-state index in [1.165, 1.54) is 7.11 Å². The Labute approximate surface area is 181 Å². The number of anilines is 1. The molecular formula is C21H16BrCl2NO3. The van der Waals surface area contributed by atoms with Crippen molar-refractivity contribution in [3.63, 3.8) is 0 Å². The summed E-state index contributed by atoms with van der Waals surface area (Å²) < 4.78 is 11.9. The number of methoxy groups -OCH3 is 1. The first kappa shape index (κ1) is 20.5. The predicted octanol–water partition coefficient (Wildman–Crippen LogP) is 6.60. The number of carbonyl (C=O) groups is 1. The molecule has 0 saturated heterocycles. The van der Waals surface area contributed by atoms with Crippen LogP contribution in [0.5, 0.6) is 11.5 Å². The van der Waals surface area contributed by atoms with Gasteiger partial charge in [-0.3, -0.25) is 4.79 Å². The van der Waals surface area contributed by atoms with Crippen molar-refractivity contribution in [3.8, 4) is 11.5 Å². The first-order valence-electron chi connectivity index (χ1n) is 8.28. The van der Waals surface area contributed by atoms with Crippen LogP contribution in [-0.2, 0) is 6.61 Å². The number of hydrogen-bond acceptors (Lipinski definition) is 3. The Balaban J connectivity index is 1.80. The Morgan fingerprint density at radius 1 is 1.04 bits per heavy atom. The topological polar surface area (TPSA) is 47.6 Å². The van der Waals surface area contributed by atoms with Gasteiger partial charge in [0.25, 0.3) is 5.91 Å². The highest BCUT2D eigenvalue weighted by molar-refractivity contribution is 9.10. The molecule has 0 spiro atoms. The number of nitrogens with one attached hydrogen (secondary N) is 1. The van der Waals surface area contributed by atoms with Crippen LogP contribution in [0.3, 0.4) is 0 Å². The maximum absolute atomic E-state index is 12.6. The molecule has 0 aliphatic rings. The highest BCUT2D eigenvalue weighted by Gasteiger charge is 2.16. The standard InChI is InChI=1S/C21H16BrCl2NO3/c1-27-19-8-14(21(26)25-17-10-15(23)9-16(24)11-17)7-18(22)20(19)28-12-13-5-3-2-4-6-13/h2-11H,12H2,1H3,(H,25,26). The summed E-state index contributed by atoms with van der Waals surface area (Å²) in [6.45, 7) is 0.377. The number of ether oxygens (including phenoxy) is 2. The quantitative estimate of drug-likeness (QED) is 0.432. The third-order valence-electron chi connectivity index (χ3n) is 3.84. The van der Waals surface area contributed by atoms with Gasteiger partial charge in [-0.2, -0.15) is 0 Å².